The van der Waals surface area contributed by atoms with Gasteiger partial charge in [0.05, 0.1) is 22.5 Å². The molecule has 1 aromatic carbocycles. The molecule has 2 rings (SSSR count). The molecule has 0 bridgehead atoms. The van der Waals surface area contributed by atoms with Crippen LogP contribution in [0.1, 0.15) is 51.9 Å². The van der Waals surface area contributed by atoms with Gasteiger partial charge in [0.15, 0.2) is 0 Å². The Morgan fingerprint density at radius 1 is 1.04 bits per heavy atom. The third-order valence-electron chi connectivity index (χ3n) is 4.07. The first-order valence-corrected chi connectivity index (χ1v) is 8.96. The van der Waals surface area contributed by atoms with Crippen LogP contribution in [-0.4, -0.2) is 21.2 Å². The third-order valence-corrected chi connectivity index (χ3v) is 4.38. The summed E-state index contributed by atoms with van der Waals surface area (Å²) in [5, 5.41) is 10.0. The fraction of sp³-hybridized carbons (Fsp3) is 0.474. The van der Waals surface area contributed by atoms with Crippen molar-refractivity contribution in [3.05, 3.63) is 34.6 Å². The molecular formula is C19H25ClN2O2. The number of rotatable bonds is 7. The van der Waals surface area contributed by atoms with Gasteiger partial charge in [0.2, 0.25) is 5.88 Å². The predicted octanol–water partition coefficient (Wildman–Crippen LogP) is 5.19. The van der Waals surface area contributed by atoms with Gasteiger partial charge < -0.3 is 9.84 Å². The largest absolute Gasteiger partial charge is 0.508 e. The molecule has 1 aromatic heterocycles. The molecule has 0 spiro atoms. The van der Waals surface area contributed by atoms with Crippen LogP contribution in [0, 0.1) is 0 Å². The number of aromatic hydroxyl groups is 1. The Bertz CT molecular complexity index is 700. The van der Waals surface area contributed by atoms with Crippen LogP contribution < -0.4 is 4.74 Å². The zero-order chi connectivity index (χ0) is 17.7. The Morgan fingerprint density at radius 2 is 1.71 bits per heavy atom. The Balaban J connectivity index is 2.53. The zero-order valence-corrected chi connectivity index (χ0v) is 15.5. The summed E-state index contributed by atoms with van der Waals surface area (Å²) in [4.78, 5) is 9.52. The molecule has 0 aliphatic carbocycles. The summed E-state index contributed by atoms with van der Waals surface area (Å²) >= 11 is 6.30. The van der Waals surface area contributed by atoms with E-state index in [1.165, 1.54) is 6.07 Å². The molecule has 2 aromatic rings. The number of aromatic nitrogens is 2. The summed E-state index contributed by atoms with van der Waals surface area (Å²) in [6, 6.07) is 4.92. The number of halogens is 1. The van der Waals surface area contributed by atoms with Crippen LogP contribution in [0.15, 0.2) is 18.2 Å². The first-order chi connectivity index (χ1) is 11.5. The molecule has 0 atom stereocenters. The van der Waals surface area contributed by atoms with Crippen LogP contribution in [0.4, 0.5) is 0 Å². The highest BCUT2D eigenvalue weighted by Crippen LogP contribution is 2.33. The second kappa shape index (κ2) is 8.34. The van der Waals surface area contributed by atoms with Crippen molar-refractivity contribution in [1.82, 2.24) is 9.97 Å². The summed E-state index contributed by atoms with van der Waals surface area (Å²) in [5.41, 5.74) is 3.22. The van der Waals surface area contributed by atoms with Gasteiger partial charge in [-0.2, -0.15) is 0 Å². The van der Waals surface area contributed by atoms with Crippen molar-refractivity contribution in [1.29, 1.82) is 0 Å². The van der Waals surface area contributed by atoms with E-state index in [0.717, 1.165) is 48.3 Å². The van der Waals surface area contributed by atoms with Gasteiger partial charge in [0.1, 0.15) is 11.4 Å². The van der Waals surface area contributed by atoms with Crippen molar-refractivity contribution >= 4 is 11.6 Å². The summed E-state index contributed by atoms with van der Waals surface area (Å²) in [6.07, 6.45) is 3.48. The zero-order valence-electron chi connectivity index (χ0n) is 14.8. The van der Waals surface area contributed by atoms with Crippen LogP contribution in [0.5, 0.6) is 11.6 Å². The molecule has 1 heterocycles. The van der Waals surface area contributed by atoms with Crippen LogP contribution in [-0.2, 0) is 12.8 Å². The minimum absolute atomic E-state index is 0.138. The van der Waals surface area contributed by atoms with Crippen molar-refractivity contribution in [2.75, 3.05) is 0 Å². The first kappa shape index (κ1) is 18.5. The average Bonchev–Trinajstić information content (AvgIpc) is 2.59. The minimum Gasteiger partial charge on any atom is -0.508 e. The number of benzene rings is 1. The van der Waals surface area contributed by atoms with E-state index in [9.17, 15) is 5.11 Å². The lowest BCUT2D eigenvalue weighted by Gasteiger charge is -2.19. The smallest absolute Gasteiger partial charge is 0.236 e. The topological polar surface area (TPSA) is 55.2 Å². The molecular weight excluding hydrogens is 324 g/mol. The number of ether oxygens (including phenoxy) is 1. The van der Waals surface area contributed by atoms with E-state index in [1.807, 2.05) is 13.8 Å². The van der Waals surface area contributed by atoms with Crippen molar-refractivity contribution in [2.24, 2.45) is 0 Å². The van der Waals surface area contributed by atoms with Crippen LogP contribution >= 0.6 is 11.6 Å². The van der Waals surface area contributed by atoms with E-state index in [2.05, 4.69) is 13.8 Å². The summed E-state index contributed by atoms with van der Waals surface area (Å²) in [6.45, 7) is 8.29. The quantitative estimate of drug-likeness (QED) is 0.747. The number of aryl methyl sites for hydroxylation is 2. The standard InChI is InChI=1S/C19H25ClN2O2/c1-5-13(6-2)24-19-17(8-4)21-18(16(7-3)22-19)14-10-9-12(23)11-15(14)20/h9-11,13,23H,5-8H2,1-4H3. The highest BCUT2D eigenvalue weighted by Gasteiger charge is 2.18. The summed E-state index contributed by atoms with van der Waals surface area (Å²) in [7, 11) is 0. The Labute approximate surface area is 148 Å². The van der Waals surface area contributed by atoms with Crippen molar-refractivity contribution in [3.8, 4) is 22.9 Å². The maximum Gasteiger partial charge on any atom is 0.236 e. The number of nitrogens with zero attached hydrogens (tertiary/aromatic N) is 2. The Morgan fingerprint density at radius 3 is 2.25 bits per heavy atom. The molecule has 0 fully saturated rings. The SMILES string of the molecule is CCc1nc(-c2ccc(O)cc2Cl)c(CC)nc1OC(CC)CC. The molecule has 0 saturated heterocycles. The number of phenols is 1. The molecule has 0 aliphatic heterocycles. The highest BCUT2D eigenvalue weighted by molar-refractivity contribution is 6.33. The van der Waals surface area contributed by atoms with Crippen molar-refractivity contribution in [3.63, 3.8) is 0 Å². The maximum atomic E-state index is 9.57. The maximum absolute atomic E-state index is 9.57. The van der Waals surface area contributed by atoms with Gasteiger partial charge in [0.25, 0.3) is 0 Å². The van der Waals surface area contributed by atoms with Gasteiger partial charge in [0, 0.05) is 5.56 Å². The second-order valence-electron chi connectivity index (χ2n) is 5.70. The van der Waals surface area contributed by atoms with E-state index < -0.39 is 0 Å². The Hall–Kier alpha value is -1.81. The summed E-state index contributed by atoms with van der Waals surface area (Å²) in [5.74, 6) is 0.765. The molecule has 130 valence electrons. The highest BCUT2D eigenvalue weighted by atomic mass is 35.5. The second-order valence-corrected chi connectivity index (χ2v) is 6.11. The van der Waals surface area contributed by atoms with Gasteiger partial charge in [-0.15, -0.1) is 0 Å². The monoisotopic (exact) mass is 348 g/mol. The molecule has 0 unspecified atom stereocenters. The van der Waals surface area contributed by atoms with Crippen LogP contribution in [0.2, 0.25) is 5.02 Å². The van der Waals surface area contributed by atoms with Gasteiger partial charge in [-0.1, -0.05) is 39.3 Å². The number of hydrogen-bond donors (Lipinski definition) is 1. The van der Waals surface area contributed by atoms with Gasteiger partial charge in [-0.3, -0.25) is 0 Å². The van der Waals surface area contributed by atoms with Gasteiger partial charge in [-0.25, -0.2) is 9.97 Å². The van der Waals surface area contributed by atoms with Gasteiger partial charge in [-0.05, 0) is 43.9 Å². The Kier molecular flexibility index (Phi) is 6.44. The van der Waals surface area contributed by atoms with E-state index in [-0.39, 0.29) is 11.9 Å². The summed E-state index contributed by atoms with van der Waals surface area (Å²) < 4.78 is 6.07. The molecule has 0 saturated carbocycles. The molecule has 0 aliphatic rings. The first-order valence-electron chi connectivity index (χ1n) is 8.59. The molecule has 1 N–H and O–H groups in total. The number of phenolic OH excluding ortho intramolecular Hbond substituents is 1. The van der Waals surface area contributed by atoms with Crippen molar-refractivity contribution < 1.29 is 9.84 Å². The molecule has 24 heavy (non-hydrogen) atoms. The lowest BCUT2D eigenvalue weighted by molar-refractivity contribution is 0.181. The van der Waals surface area contributed by atoms with Gasteiger partial charge >= 0.3 is 0 Å². The number of hydrogen-bond acceptors (Lipinski definition) is 4. The molecule has 0 radical (unpaired) electrons. The van der Waals surface area contributed by atoms with E-state index in [1.54, 1.807) is 12.1 Å². The lowest BCUT2D eigenvalue weighted by atomic mass is 10.1. The van der Waals surface area contributed by atoms with E-state index in [4.69, 9.17) is 26.3 Å². The van der Waals surface area contributed by atoms with Crippen molar-refractivity contribution in [2.45, 2.75) is 59.5 Å². The fourth-order valence-electron chi connectivity index (χ4n) is 2.58. The normalized spacial score (nSPS) is 11.1. The van der Waals surface area contributed by atoms with Crippen LogP contribution in [0.25, 0.3) is 11.3 Å². The third kappa shape index (κ3) is 3.99. The minimum atomic E-state index is 0.138. The average molecular weight is 349 g/mol. The lowest BCUT2D eigenvalue weighted by Crippen LogP contribution is -2.17. The van der Waals surface area contributed by atoms with E-state index >= 15 is 0 Å². The molecule has 4 nitrogen and oxygen atoms in total. The molecule has 5 heteroatoms. The molecule has 0 amide bonds. The fourth-order valence-corrected chi connectivity index (χ4v) is 2.85. The van der Waals surface area contributed by atoms with E-state index in [0.29, 0.717) is 10.9 Å². The predicted molar refractivity (Wildman–Crippen MR) is 97.9 cm³/mol. The van der Waals surface area contributed by atoms with Crippen LogP contribution in [0.3, 0.4) is 0 Å².